The molecule has 1 N–H and O–H groups in total. The van der Waals surface area contributed by atoms with Crippen LogP contribution in [-0.2, 0) is 10.1 Å². The van der Waals surface area contributed by atoms with Crippen LogP contribution in [0.1, 0.15) is 5.56 Å². The van der Waals surface area contributed by atoms with Gasteiger partial charge in [0, 0.05) is 0 Å². The van der Waals surface area contributed by atoms with Crippen molar-refractivity contribution in [3.63, 3.8) is 0 Å². The van der Waals surface area contributed by atoms with Gasteiger partial charge in [-0.2, -0.15) is 8.42 Å². The van der Waals surface area contributed by atoms with Crippen LogP contribution in [0.15, 0.2) is 46.1 Å². The fourth-order valence-electron chi connectivity index (χ4n) is 0.744. The van der Waals surface area contributed by atoms with Gasteiger partial charge < -0.3 is 0 Å². The van der Waals surface area contributed by atoms with Gasteiger partial charge in [-0.15, -0.1) is 0 Å². The van der Waals surface area contributed by atoms with E-state index in [9.17, 15) is 13.2 Å². The normalized spacial score (nSPS) is 10.8. The Bertz CT molecular complexity index is 518. The van der Waals surface area contributed by atoms with E-state index in [-0.39, 0.29) is 10.3 Å². The van der Waals surface area contributed by atoms with Crippen LogP contribution in [0.3, 0.4) is 0 Å². The average molecular weight is 226 g/mol. The van der Waals surface area contributed by atoms with E-state index >= 15 is 0 Å². The second kappa shape index (κ2) is 4.37. The van der Waals surface area contributed by atoms with Gasteiger partial charge in [0.05, 0.1) is 4.90 Å². The van der Waals surface area contributed by atoms with Gasteiger partial charge in [-0.1, -0.05) is 17.7 Å². The van der Waals surface area contributed by atoms with Crippen molar-refractivity contribution in [1.82, 2.24) is 0 Å². The maximum Gasteiger partial charge on any atom is 0.294 e. The topological polar surface area (TPSA) is 71.4 Å². The first-order valence-electron chi connectivity index (χ1n) is 4.16. The van der Waals surface area contributed by atoms with Gasteiger partial charge >= 0.3 is 0 Å². The maximum atomic E-state index is 10.5. The minimum atomic E-state index is -4.02. The molecule has 0 radical (unpaired) electrons. The van der Waals surface area contributed by atoms with E-state index in [1.807, 2.05) is 6.92 Å². The molecule has 0 aromatic heterocycles. The highest BCUT2D eigenvalue weighted by Crippen LogP contribution is 2.08. The Hall–Kier alpha value is -1.46. The van der Waals surface area contributed by atoms with Crippen LogP contribution >= 0.6 is 0 Å². The predicted octanol–water partition coefficient (Wildman–Crippen LogP) is 1.16. The molecule has 0 fully saturated rings. The molecule has 0 aliphatic rings. The number of aryl methyl sites for hydroxylation is 1. The molecular formula is C10H10O4S. The van der Waals surface area contributed by atoms with Crippen molar-refractivity contribution in [3.8, 4) is 0 Å². The van der Waals surface area contributed by atoms with Gasteiger partial charge in [0.25, 0.3) is 10.1 Å². The molecule has 0 amide bonds. The molecule has 0 aliphatic carbocycles. The second-order valence-electron chi connectivity index (χ2n) is 3.02. The van der Waals surface area contributed by atoms with Gasteiger partial charge in [-0.05, 0) is 31.2 Å². The number of hydrogen-bond donors (Lipinski definition) is 1. The monoisotopic (exact) mass is 226 g/mol. The third-order valence-electron chi connectivity index (χ3n) is 1.62. The van der Waals surface area contributed by atoms with E-state index in [1.54, 1.807) is 12.1 Å². The first kappa shape index (κ1) is 11.6. The van der Waals surface area contributed by atoms with Crippen LogP contribution in [0.4, 0.5) is 0 Å². The minimum Gasteiger partial charge on any atom is -0.290 e. The van der Waals surface area contributed by atoms with Gasteiger partial charge in [-0.25, -0.2) is 0 Å². The minimum absolute atomic E-state index is 0.0666. The molecule has 0 heterocycles. The summed E-state index contributed by atoms with van der Waals surface area (Å²) in [6.45, 7) is 1.84. The lowest BCUT2D eigenvalue weighted by Crippen LogP contribution is -1.96. The van der Waals surface area contributed by atoms with Crippen molar-refractivity contribution in [3.05, 3.63) is 52.2 Å². The molecule has 0 spiro atoms. The van der Waals surface area contributed by atoms with E-state index < -0.39 is 10.1 Å². The second-order valence-corrected chi connectivity index (χ2v) is 4.45. The molecule has 4 nitrogen and oxygen atoms in total. The highest BCUT2D eigenvalue weighted by molar-refractivity contribution is 7.85. The van der Waals surface area contributed by atoms with Gasteiger partial charge in [0.1, 0.15) is 0 Å². The molecule has 0 aliphatic heterocycles. The lowest BCUT2D eigenvalue weighted by Gasteiger charge is -1.95. The first-order chi connectivity index (χ1) is 6.89. The van der Waals surface area contributed by atoms with E-state index in [2.05, 4.69) is 0 Å². The van der Waals surface area contributed by atoms with Crippen molar-refractivity contribution in [2.75, 3.05) is 0 Å². The SMILES string of the molecule is Cc1ccc(S(=O)(=O)O)cc1.O=c1cc1. The van der Waals surface area contributed by atoms with E-state index in [0.29, 0.717) is 0 Å². The molecule has 5 heteroatoms. The van der Waals surface area contributed by atoms with E-state index in [0.717, 1.165) is 5.56 Å². The molecule has 0 bridgehead atoms. The van der Waals surface area contributed by atoms with Gasteiger partial charge in [0.2, 0.25) is 0 Å². The summed E-state index contributed by atoms with van der Waals surface area (Å²) >= 11 is 0. The maximum absolute atomic E-state index is 10.5. The summed E-state index contributed by atoms with van der Waals surface area (Å²) in [6, 6.07) is 9.04. The Morgan fingerprint density at radius 3 is 1.67 bits per heavy atom. The van der Waals surface area contributed by atoms with Crippen LogP contribution in [0.2, 0.25) is 0 Å². The van der Waals surface area contributed by atoms with Crippen molar-refractivity contribution in [1.29, 1.82) is 0 Å². The molecule has 0 saturated heterocycles. The molecule has 0 atom stereocenters. The Labute approximate surface area is 87.6 Å². The van der Waals surface area contributed by atoms with Crippen LogP contribution in [0.25, 0.3) is 0 Å². The van der Waals surface area contributed by atoms with Crippen LogP contribution in [0, 0.1) is 6.92 Å². The predicted molar refractivity (Wildman–Crippen MR) is 56.1 cm³/mol. The molecule has 15 heavy (non-hydrogen) atoms. The number of benzene rings is 1. The summed E-state index contributed by atoms with van der Waals surface area (Å²) in [5.41, 5.74) is 1.12. The Kier molecular flexibility index (Phi) is 3.39. The summed E-state index contributed by atoms with van der Waals surface area (Å²) in [5, 5.41) is 0. The summed E-state index contributed by atoms with van der Waals surface area (Å²) < 4.78 is 29.6. The van der Waals surface area contributed by atoms with Crippen molar-refractivity contribution < 1.29 is 13.0 Å². The van der Waals surface area contributed by atoms with Gasteiger partial charge in [0.15, 0.2) is 5.43 Å². The fraction of sp³-hybridized carbons (Fsp3) is 0.100. The smallest absolute Gasteiger partial charge is 0.290 e. The molecule has 2 aromatic rings. The standard InChI is InChI=1S/C7H8O3S.C3H2O/c1-6-2-4-7(5-3-6)11(8,9)10;4-3-1-2-3/h2-5H,1H3,(H,8,9,10);1-2H. The van der Waals surface area contributed by atoms with Crippen molar-refractivity contribution in [2.45, 2.75) is 11.8 Å². The van der Waals surface area contributed by atoms with Crippen molar-refractivity contribution in [2.24, 2.45) is 0 Å². The van der Waals surface area contributed by atoms with Crippen LogP contribution in [-0.4, -0.2) is 13.0 Å². The Morgan fingerprint density at radius 2 is 1.40 bits per heavy atom. The highest BCUT2D eigenvalue weighted by atomic mass is 32.2. The Balaban J connectivity index is 0.000000234. The number of hydrogen-bond acceptors (Lipinski definition) is 3. The fourth-order valence-corrected chi connectivity index (χ4v) is 1.22. The third-order valence-corrected chi connectivity index (χ3v) is 2.49. The first-order valence-corrected chi connectivity index (χ1v) is 5.60. The van der Waals surface area contributed by atoms with E-state index in [4.69, 9.17) is 4.55 Å². The molecule has 2 rings (SSSR count). The Morgan fingerprint density at radius 1 is 1.00 bits per heavy atom. The number of rotatable bonds is 1. The molecule has 2 aromatic carbocycles. The zero-order valence-corrected chi connectivity index (χ0v) is 8.86. The molecule has 80 valence electrons. The average Bonchev–Trinajstić information content (AvgIpc) is 2.88. The van der Waals surface area contributed by atoms with Crippen LogP contribution in [0.5, 0.6) is 0 Å². The quantitative estimate of drug-likeness (QED) is 0.741. The zero-order chi connectivity index (χ0) is 11.5. The molecule has 0 saturated carbocycles. The molecule has 0 unspecified atom stereocenters. The highest BCUT2D eigenvalue weighted by Gasteiger charge is 2.06. The van der Waals surface area contributed by atoms with E-state index in [1.165, 1.54) is 24.3 Å². The lowest BCUT2D eigenvalue weighted by atomic mass is 10.2. The summed E-state index contributed by atoms with van der Waals surface area (Å²) in [4.78, 5) is 9.38. The zero-order valence-electron chi connectivity index (χ0n) is 8.04. The lowest BCUT2D eigenvalue weighted by molar-refractivity contribution is 0.483. The molecular weight excluding hydrogens is 216 g/mol. The van der Waals surface area contributed by atoms with Crippen molar-refractivity contribution >= 4 is 10.1 Å². The summed E-state index contributed by atoms with van der Waals surface area (Å²) in [7, 11) is -4.02. The third kappa shape index (κ3) is 4.53. The summed E-state index contributed by atoms with van der Waals surface area (Å²) in [6.07, 6.45) is 0. The summed E-state index contributed by atoms with van der Waals surface area (Å²) in [5.74, 6) is 0. The van der Waals surface area contributed by atoms with Crippen LogP contribution < -0.4 is 5.43 Å². The largest absolute Gasteiger partial charge is 0.294 e. The van der Waals surface area contributed by atoms with Gasteiger partial charge in [-0.3, -0.25) is 9.35 Å².